The molecule has 0 bridgehead atoms. The third-order valence-electron chi connectivity index (χ3n) is 18.4. The van der Waals surface area contributed by atoms with E-state index in [-0.39, 0.29) is 19.3 Å². The van der Waals surface area contributed by atoms with Crippen LogP contribution in [0.3, 0.4) is 0 Å². The highest BCUT2D eigenvalue weighted by Gasteiger charge is 2.29. The lowest BCUT2D eigenvalue weighted by Gasteiger charge is -2.21. The molecule has 0 saturated heterocycles. The Balaban J connectivity index is 4.56. The molecule has 5 atom stereocenters. The quantitative estimate of drug-likeness (QED) is 0.0146. The fraction of sp³-hybridized carbons (Fsp3) is 0.674. The Labute approximate surface area is 688 Å². The molecule has 0 aliphatic carbocycles. The standard InChI is InChI=1S/C95H160O16P2/c1-4-7-10-13-16-19-22-25-28-31-34-36-38-40-41-42-43-44-45-46-47-49-51-52-55-57-60-63-66-69-72-75-78-81-93(98)105-84-90(96)85-107-112(101,102)108-86-91(97)87-109-113(103,104)110-89-92(111-95(100)83-80-77-74-71-68-65-62-59-54-33-30-27-24-21-18-15-12-9-6-3)88-106-94(99)82-79-76-73-70-67-64-61-58-56-53-50-48-39-37-35-32-29-26-23-20-17-14-11-8-5-2/h7,9-10,12,16-21,25-30,34-37,40-41,43-44,48,50,54,59,90-92,96-97H,4-6,8,11,13-15,22-24,31-33,38-39,42,45-47,49,51-53,55-58,60-89H2,1-3H3,(H,101,102)(H,103,104)/b10-7-,12-9-,19-16-,20-17-,21-18-,28-25-,29-26-,30-27-,36-34-,37-35-,41-40-,44-43-,50-48-,59-54-. The molecule has 0 fully saturated rings. The summed E-state index contributed by atoms with van der Waals surface area (Å²) in [6.07, 6.45) is 111. The molecule has 113 heavy (non-hydrogen) atoms. The van der Waals surface area contributed by atoms with E-state index in [1.165, 1.54) is 116 Å². The molecule has 0 aromatic heterocycles. The Morgan fingerprint density at radius 2 is 0.469 bits per heavy atom. The maximum Gasteiger partial charge on any atom is 0.472 e. The number of aliphatic hydroxyl groups excluding tert-OH is 2. The van der Waals surface area contributed by atoms with Crippen molar-refractivity contribution in [3.05, 3.63) is 170 Å². The molecular formula is C95H160O16P2. The molecule has 0 aromatic carbocycles. The molecule has 0 heterocycles. The molecule has 5 unspecified atom stereocenters. The Morgan fingerprint density at radius 1 is 0.257 bits per heavy atom. The molecule has 0 aliphatic heterocycles. The molecule has 0 spiro atoms. The van der Waals surface area contributed by atoms with Crippen LogP contribution in [0, 0.1) is 0 Å². The number of unbranched alkanes of at least 4 members (excludes halogenated alkanes) is 32. The Kier molecular flexibility index (Phi) is 82.4. The summed E-state index contributed by atoms with van der Waals surface area (Å²) in [5, 5.41) is 20.7. The first kappa shape index (κ1) is 108. The van der Waals surface area contributed by atoms with Gasteiger partial charge in [0.05, 0.1) is 26.4 Å². The second-order valence-corrected chi connectivity index (χ2v) is 32.2. The van der Waals surface area contributed by atoms with Crippen molar-refractivity contribution in [2.45, 2.75) is 373 Å². The molecule has 0 radical (unpaired) electrons. The highest BCUT2D eigenvalue weighted by Crippen LogP contribution is 2.45. The first-order valence-corrected chi connectivity index (χ1v) is 47.4. The minimum Gasteiger partial charge on any atom is -0.463 e. The van der Waals surface area contributed by atoms with Gasteiger partial charge < -0.3 is 34.2 Å². The van der Waals surface area contributed by atoms with Gasteiger partial charge >= 0.3 is 33.6 Å². The number of hydrogen-bond donors (Lipinski definition) is 4. The van der Waals surface area contributed by atoms with E-state index >= 15 is 0 Å². The Morgan fingerprint density at radius 3 is 0.743 bits per heavy atom. The van der Waals surface area contributed by atoms with Crippen molar-refractivity contribution in [3.8, 4) is 0 Å². The average Bonchev–Trinajstić information content (AvgIpc) is 0.900. The van der Waals surface area contributed by atoms with Gasteiger partial charge in [-0.1, -0.05) is 351 Å². The van der Waals surface area contributed by atoms with Crippen LogP contribution in [0.15, 0.2) is 170 Å². The molecule has 0 aliphatic rings. The number of allylic oxidation sites excluding steroid dienone is 28. The maximum absolute atomic E-state index is 13.0. The zero-order chi connectivity index (χ0) is 82.2. The van der Waals surface area contributed by atoms with Crippen LogP contribution in [0.2, 0.25) is 0 Å². The number of carbonyl (C=O) groups excluding carboxylic acids is 3. The largest absolute Gasteiger partial charge is 0.472 e. The molecule has 0 aromatic rings. The zero-order valence-corrected chi connectivity index (χ0v) is 72.8. The van der Waals surface area contributed by atoms with Crippen LogP contribution in [-0.2, 0) is 55.8 Å². The highest BCUT2D eigenvalue weighted by molar-refractivity contribution is 7.47. The summed E-state index contributed by atoms with van der Waals surface area (Å²) >= 11 is 0. The van der Waals surface area contributed by atoms with Crippen LogP contribution in [0.5, 0.6) is 0 Å². The van der Waals surface area contributed by atoms with Crippen LogP contribution in [0.1, 0.15) is 355 Å². The number of hydrogen-bond acceptors (Lipinski definition) is 14. The molecular weight excluding hydrogens is 1460 g/mol. The summed E-state index contributed by atoms with van der Waals surface area (Å²) < 4.78 is 61.4. The van der Waals surface area contributed by atoms with E-state index in [1.54, 1.807) is 0 Å². The predicted octanol–water partition coefficient (Wildman–Crippen LogP) is 27.1. The highest BCUT2D eigenvalue weighted by atomic mass is 31.2. The van der Waals surface area contributed by atoms with Gasteiger partial charge in [-0.2, -0.15) is 0 Å². The number of ether oxygens (including phenoxy) is 3. The SMILES string of the molecule is CC/C=C\C/C=C\C/C=C\C/C=C\C/C=C\C/C=C\CCCCCCCCCCCCCCCCC(=O)OCC(O)COP(=O)(O)OCC(O)COP(=O)(O)OCC(COC(=O)CCCCCCCCCCC/C=C\C/C=C\C/C=C\C/C=C\CCCCC)OC(=O)CCCCCCCC/C=C\C/C=C\C/C=C\C/C=C\CC. The van der Waals surface area contributed by atoms with Crippen molar-refractivity contribution >= 4 is 33.6 Å². The van der Waals surface area contributed by atoms with E-state index < -0.39 is 91.5 Å². The summed E-state index contributed by atoms with van der Waals surface area (Å²) in [7, 11) is -9.82. The first-order chi connectivity index (χ1) is 55.2. The monoisotopic (exact) mass is 1620 g/mol. The van der Waals surface area contributed by atoms with Gasteiger partial charge in [-0.05, 0) is 154 Å². The van der Waals surface area contributed by atoms with Crippen molar-refractivity contribution in [1.82, 2.24) is 0 Å². The maximum atomic E-state index is 13.0. The van der Waals surface area contributed by atoms with E-state index in [2.05, 4.69) is 191 Å². The number of rotatable bonds is 83. The third kappa shape index (κ3) is 87.6. The summed E-state index contributed by atoms with van der Waals surface area (Å²) in [6, 6.07) is 0. The van der Waals surface area contributed by atoms with E-state index in [0.29, 0.717) is 19.3 Å². The predicted molar refractivity (Wildman–Crippen MR) is 472 cm³/mol. The Bertz CT molecular complexity index is 2730. The number of phosphoric ester groups is 2. The van der Waals surface area contributed by atoms with Crippen LogP contribution >= 0.6 is 15.6 Å². The topological polar surface area (TPSA) is 231 Å². The minimum atomic E-state index is -4.95. The van der Waals surface area contributed by atoms with Crippen LogP contribution < -0.4 is 0 Å². The number of aliphatic hydroxyl groups is 2. The lowest BCUT2D eigenvalue weighted by molar-refractivity contribution is -0.161. The first-order valence-electron chi connectivity index (χ1n) is 44.4. The van der Waals surface area contributed by atoms with Crippen molar-refractivity contribution < 1.29 is 75.8 Å². The van der Waals surface area contributed by atoms with Crippen molar-refractivity contribution in [2.75, 3.05) is 39.6 Å². The van der Waals surface area contributed by atoms with Gasteiger partial charge in [-0.15, -0.1) is 0 Å². The smallest absolute Gasteiger partial charge is 0.463 e. The van der Waals surface area contributed by atoms with Gasteiger partial charge in [0, 0.05) is 19.3 Å². The normalized spacial score (nSPS) is 14.6. The Hall–Kier alpha value is -5.09. The molecule has 0 rings (SSSR count). The average molecular weight is 1620 g/mol. The van der Waals surface area contributed by atoms with Crippen molar-refractivity contribution in [1.29, 1.82) is 0 Å². The second-order valence-electron chi connectivity index (χ2n) is 29.3. The second kappa shape index (κ2) is 86.3. The van der Waals surface area contributed by atoms with E-state index in [9.17, 15) is 43.5 Å². The lowest BCUT2D eigenvalue weighted by atomic mass is 10.0. The number of esters is 3. The number of phosphoric acid groups is 2. The zero-order valence-electron chi connectivity index (χ0n) is 71.0. The van der Waals surface area contributed by atoms with Crippen LogP contribution in [-0.4, -0.2) is 95.9 Å². The van der Waals surface area contributed by atoms with Gasteiger partial charge in [0.15, 0.2) is 6.10 Å². The minimum absolute atomic E-state index is 0.0827. The van der Waals surface area contributed by atoms with Gasteiger partial charge in [0.2, 0.25) is 0 Å². The van der Waals surface area contributed by atoms with Gasteiger partial charge in [0.25, 0.3) is 0 Å². The molecule has 16 nitrogen and oxygen atoms in total. The summed E-state index contributed by atoms with van der Waals surface area (Å²) in [5.41, 5.74) is 0. The van der Waals surface area contributed by atoms with E-state index in [4.69, 9.17) is 32.3 Å². The van der Waals surface area contributed by atoms with E-state index in [1.807, 2.05) is 0 Å². The molecule has 18 heteroatoms. The van der Waals surface area contributed by atoms with Crippen molar-refractivity contribution in [2.24, 2.45) is 0 Å². The van der Waals surface area contributed by atoms with Gasteiger partial charge in [-0.25, -0.2) is 9.13 Å². The summed E-state index contributed by atoms with van der Waals surface area (Å²) in [6.45, 7) is 2.43. The number of carbonyl (C=O) groups is 3. The van der Waals surface area contributed by atoms with Gasteiger partial charge in [0.1, 0.15) is 25.4 Å². The lowest BCUT2D eigenvalue weighted by Crippen LogP contribution is -2.30. The van der Waals surface area contributed by atoms with E-state index in [0.717, 1.165) is 180 Å². The molecule has 646 valence electrons. The molecule has 4 N–H and O–H groups in total. The van der Waals surface area contributed by atoms with Crippen molar-refractivity contribution in [3.63, 3.8) is 0 Å². The fourth-order valence-electron chi connectivity index (χ4n) is 11.7. The fourth-order valence-corrected chi connectivity index (χ4v) is 13.3. The third-order valence-corrected chi connectivity index (χ3v) is 20.3. The summed E-state index contributed by atoms with van der Waals surface area (Å²) in [4.78, 5) is 58.9. The molecule has 0 saturated carbocycles. The van der Waals surface area contributed by atoms with Crippen LogP contribution in [0.25, 0.3) is 0 Å². The van der Waals surface area contributed by atoms with Crippen LogP contribution in [0.4, 0.5) is 0 Å². The molecule has 0 amide bonds. The van der Waals surface area contributed by atoms with Gasteiger partial charge in [-0.3, -0.25) is 32.5 Å². The summed E-state index contributed by atoms with van der Waals surface area (Å²) in [5.74, 6) is -1.60.